The van der Waals surface area contributed by atoms with Gasteiger partial charge in [-0.2, -0.15) is 0 Å². The highest BCUT2D eigenvalue weighted by Crippen LogP contribution is 2.34. The Hall–Kier alpha value is -2.46. The Balaban J connectivity index is 1.79. The molecule has 0 spiro atoms. The van der Waals surface area contributed by atoms with Crippen molar-refractivity contribution in [1.82, 2.24) is 9.47 Å². The molecule has 0 radical (unpaired) electrons. The van der Waals surface area contributed by atoms with E-state index in [1.54, 1.807) is 0 Å². The third-order valence-corrected chi connectivity index (χ3v) is 5.62. The lowest BCUT2D eigenvalue weighted by molar-refractivity contribution is 0.214. The van der Waals surface area contributed by atoms with Crippen LogP contribution in [0, 0.1) is 25.5 Å². The highest BCUT2D eigenvalue weighted by atomic mass is 19.1. The van der Waals surface area contributed by atoms with Gasteiger partial charge in [-0.25, -0.2) is 8.78 Å². The summed E-state index contributed by atoms with van der Waals surface area (Å²) in [4.78, 5) is 2.20. The lowest BCUT2D eigenvalue weighted by Gasteiger charge is -2.31. The first kappa shape index (κ1) is 17.9. The molecule has 1 aliphatic heterocycles. The van der Waals surface area contributed by atoms with Crippen LogP contribution in [0.1, 0.15) is 40.4 Å². The maximum atomic E-state index is 14.3. The SMILES string of the molecule is Cc1ccc([C@@H]2c3cccn3CCCN2Cc2c(F)cccc2F)cc1C. The molecule has 0 aliphatic carbocycles. The van der Waals surface area contributed by atoms with Gasteiger partial charge in [-0.3, -0.25) is 4.90 Å². The van der Waals surface area contributed by atoms with Gasteiger partial charge < -0.3 is 4.57 Å². The monoisotopic (exact) mass is 366 g/mol. The van der Waals surface area contributed by atoms with E-state index in [0.29, 0.717) is 0 Å². The Morgan fingerprint density at radius 3 is 2.44 bits per heavy atom. The number of fused-ring (bicyclic) bond motifs is 1. The van der Waals surface area contributed by atoms with Crippen LogP contribution in [0.3, 0.4) is 0 Å². The van der Waals surface area contributed by atoms with Gasteiger partial charge in [-0.05, 0) is 61.2 Å². The summed E-state index contributed by atoms with van der Waals surface area (Å²) in [6.45, 7) is 6.16. The second-order valence-electron chi connectivity index (χ2n) is 7.40. The third-order valence-electron chi connectivity index (χ3n) is 5.62. The third kappa shape index (κ3) is 3.42. The minimum absolute atomic E-state index is 0.0270. The van der Waals surface area contributed by atoms with Gasteiger partial charge in [0, 0.05) is 37.1 Å². The van der Waals surface area contributed by atoms with Crippen molar-refractivity contribution in [1.29, 1.82) is 0 Å². The predicted octanol–water partition coefficient (Wildman–Crippen LogP) is 5.38. The van der Waals surface area contributed by atoms with E-state index in [1.807, 2.05) is 0 Å². The van der Waals surface area contributed by atoms with E-state index in [0.717, 1.165) is 25.1 Å². The van der Waals surface area contributed by atoms with Crippen molar-refractivity contribution >= 4 is 0 Å². The first-order valence-corrected chi connectivity index (χ1v) is 9.43. The van der Waals surface area contributed by atoms with Gasteiger partial charge in [0.15, 0.2) is 0 Å². The van der Waals surface area contributed by atoms with Gasteiger partial charge in [0.25, 0.3) is 0 Å². The summed E-state index contributed by atoms with van der Waals surface area (Å²) >= 11 is 0. The molecule has 2 aromatic carbocycles. The minimum atomic E-state index is -0.478. The average molecular weight is 366 g/mol. The largest absolute Gasteiger partial charge is 0.350 e. The first-order chi connectivity index (χ1) is 13.0. The van der Waals surface area contributed by atoms with Crippen molar-refractivity contribution in [3.8, 4) is 0 Å². The van der Waals surface area contributed by atoms with Crippen molar-refractivity contribution in [3.05, 3.63) is 94.3 Å². The Labute approximate surface area is 159 Å². The summed E-state index contributed by atoms with van der Waals surface area (Å²) in [5.74, 6) is -0.957. The standard InChI is InChI=1S/C23H24F2N2/c1-16-9-10-18(14-17(16)2)23-22-8-4-11-26(22)12-5-13-27(23)15-19-20(24)6-3-7-21(19)25/h3-4,6-11,14,23H,5,12-13,15H2,1-2H3/t23-/m1/s1. The van der Waals surface area contributed by atoms with Crippen LogP contribution in [0.15, 0.2) is 54.7 Å². The van der Waals surface area contributed by atoms with Crippen molar-refractivity contribution in [2.24, 2.45) is 0 Å². The minimum Gasteiger partial charge on any atom is -0.350 e. The molecule has 3 aromatic rings. The molecule has 1 atom stereocenters. The van der Waals surface area contributed by atoms with E-state index < -0.39 is 11.6 Å². The summed E-state index contributed by atoms with van der Waals surface area (Å²) in [6.07, 6.45) is 3.04. The maximum Gasteiger partial charge on any atom is 0.130 e. The van der Waals surface area contributed by atoms with Gasteiger partial charge in [0.2, 0.25) is 0 Å². The molecule has 1 aliphatic rings. The summed E-state index contributed by atoms with van der Waals surface area (Å²) in [5.41, 5.74) is 4.96. The number of hydrogen-bond acceptors (Lipinski definition) is 1. The molecule has 1 aromatic heterocycles. The average Bonchev–Trinajstić information content (AvgIpc) is 3.02. The van der Waals surface area contributed by atoms with Crippen molar-refractivity contribution in [2.75, 3.05) is 6.54 Å². The van der Waals surface area contributed by atoms with Gasteiger partial charge in [0.1, 0.15) is 11.6 Å². The lowest BCUT2D eigenvalue weighted by atomic mass is 9.97. The predicted molar refractivity (Wildman–Crippen MR) is 104 cm³/mol. The highest BCUT2D eigenvalue weighted by molar-refractivity contribution is 5.36. The smallest absolute Gasteiger partial charge is 0.130 e. The number of nitrogens with zero attached hydrogens (tertiary/aromatic N) is 2. The number of rotatable bonds is 3. The van der Waals surface area contributed by atoms with Gasteiger partial charge in [-0.15, -0.1) is 0 Å². The highest BCUT2D eigenvalue weighted by Gasteiger charge is 2.29. The normalized spacial score (nSPS) is 17.6. The van der Waals surface area contributed by atoms with Crippen LogP contribution < -0.4 is 0 Å². The molecule has 4 rings (SSSR count). The number of hydrogen-bond donors (Lipinski definition) is 0. The van der Waals surface area contributed by atoms with Crippen molar-refractivity contribution < 1.29 is 8.78 Å². The second-order valence-corrected chi connectivity index (χ2v) is 7.40. The van der Waals surface area contributed by atoms with Crippen LogP contribution in [0.2, 0.25) is 0 Å². The molecule has 0 bridgehead atoms. The molecule has 0 saturated carbocycles. The molecule has 0 saturated heterocycles. The second kappa shape index (κ2) is 7.28. The molecule has 4 heteroatoms. The number of benzene rings is 2. The Kier molecular flexibility index (Phi) is 4.83. The summed E-state index contributed by atoms with van der Waals surface area (Å²) < 4.78 is 30.9. The van der Waals surface area contributed by atoms with Gasteiger partial charge >= 0.3 is 0 Å². The first-order valence-electron chi connectivity index (χ1n) is 9.43. The molecule has 0 unspecified atom stereocenters. The Bertz CT molecular complexity index is 941. The molecular weight excluding hydrogens is 342 g/mol. The lowest BCUT2D eigenvalue weighted by Crippen LogP contribution is -2.30. The van der Waals surface area contributed by atoms with E-state index in [4.69, 9.17) is 0 Å². The van der Waals surface area contributed by atoms with Crippen LogP contribution in [0.4, 0.5) is 8.78 Å². The molecule has 2 nitrogen and oxygen atoms in total. The van der Waals surface area contributed by atoms with Gasteiger partial charge in [-0.1, -0.05) is 24.3 Å². The van der Waals surface area contributed by atoms with E-state index >= 15 is 0 Å². The fourth-order valence-corrected chi connectivity index (χ4v) is 4.01. The zero-order chi connectivity index (χ0) is 19.0. The molecule has 27 heavy (non-hydrogen) atoms. The van der Waals surface area contributed by atoms with Crippen molar-refractivity contribution in [2.45, 2.75) is 39.4 Å². The zero-order valence-corrected chi connectivity index (χ0v) is 15.8. The van der Waals surface area contributed by atoms with E-state index in [9.17, 15) is 8.78 Å². The van der Waals surface area contributed by atoms with Crippen LogP contribution in [0.25, 0.3) is 0 Å². The molecule has 0 N–H and O–H groups in total. The number of aryl methyl sites for hydroxylation is 3. The molecule has 0 fully saturated rings. The van der Waals surface area contributed by atoms with E-state index in [2.05, 4.69) is 59.8 Å². The molecule has 0 amide bonds. The maximum absolute atomic E-state index is 14.3. The summed E-state index contributed by atoms with van der Waals surface area (Å²) in [6, 6.07) is 14.7. The number of aromatic nitrogens is 1. The van der Waals surface area contributed by atoms with E-state index in [-0.39, 0.29) is 18.2 Å². The molecular formula is C23H24F2N2. The summed E-state index contributed by atoms with van der Waals surface area (Å²) in [7, 11) is 0. The molecule has 2 heterocycles. The number of halogens is 2. The topological polar surface area (TPSA) is 8.17 Å². The fraction of sp³-hybridized carbons (Fsp3) is 0.304. The van der Waals surface area contributed by atoms with Crippen LogP contribution in [-0.4, -0.2) is 16.0 Å². The van der Waals surface area contributed by atoms with Gasteiger partial charge in [0.05, 0.1) is 6.04 Å². The van der Waals surface area contributed by atoms with E-state index in [1.165, 1.54) is 35.0 Å². The van der Waals surface area contributed by atoms with Crippen LogP contribution in [-0.2, 0) is 13.1 Å². The quantitative estimate of drug-likeness (QED) is 0.604. The Morgan fingerprint density at radius 1 is 0.926 bits per heavy atom. The van der Waals surface area contributed by atoms with Crippen LogP contribution in [0.5, 0.6) is 0 Å². The fourth-order valence-electron chi connectivity index (χ4n) is 4.01. The molecule has 140 valence electrons. The Morgan fingerprint density at radius 2 is 1.70 bits per heavy atom. The summed E-state index contributed by atoms with van der Waals surface area (Å²) in [5, 5.41) is 0. The van der Waals surface area contributed by atoms with Crippen molar-refractivity contribution in [3.63, 3.8) is 0 Å². The zero-order valence-electron chi connectivity index (χ0n) is 15.8. The van der Waals surface area contributed by atoms with Crippen LogP contribution >= 0.6 is 0 Å².